The molecular formula is C11H14N2O4S. The quantitative estimate of drug-likeness (QED) is 0.870. The number of carbonyl (C=O) groups excluding carboxylic acids is 1. The van der Waals surface area contributed by atoms with Crippen molar-refractivity contribution in [2.75, 3.05) is 11.6 Å². The second kappa shape index (κ2) is 5.34. The fourth-order valence-corrected chi connectivity index (χ4v) is 2.87. The van der Waals surface area contributed by atoms with Gasteiger partial charge in [-0.3, -0.25) is 0 Å². The average molecular weight is 270 g/mol. The maximum atomic E-state index is 12.0. The molecule has 0 spiro atoms. The van der Waals surface area contributed by atoms with Gasteiger partial charge in [0.2, 0.25) is 0 Å². The zero-order valence-electron chi connectivity index (χ0n) is 9.83. The summed E-state index contributed by atoms with van der Waals surface area (Å²) in [5.74, 6) is 0.494. The molecular weight excluding hydrogens is 256 g/mol. The molecule has 1 fully saturated rings. The van der Waals surface area contributed by atoms with Crippen molar-refractivity contribution in [3.63, 3.8) is 0 Å². The van der Waals surface area contributed by atoms with E-state index in [1.54, 1.807) is 19.1 Å². The van der Waals surface area contributed by atoms with E-state index in [0.29, 0.717) is 17.4 Å². The number of nitrogens with zero attached hydrogens (tertiary/aromatic N) is 1. The number of amides is 2. The Morgan fingerprint density at radius 1 is 1.67 bits per heavy atom. The van der Waals surface area contributed by atoms with Crippen molar-refractivity contribution < 1.29 is 19.1 Å². The SMILES string of the molecule is CC(NC(=O)N1CSCC1C(=O)O)c1ccco1. The van der Waals surface area contributed by atoms with E-state index in [-0.39, 0.29) is 12.1 Å². The second-order valence-corrected chi connectivity index (χ2v) is 5.01. The molecule has 0 radical (unpaired) electrons. The van der Waals surface area contributed by atoms with Crippen LogP contribution in [0.25, 0.3) is 0 Å². The predicted molar refractivity (Wildman–Crippen MR) is 66.2 cm³/mol. The number of urea groups is 1. The number of furan rings is 1. The number of nitrogens with one attached hydrogen (secondary N) is 1. The number of carboxylic acids is 1. The Hall–Kier alpha value is -1.63. The first-order chi connectivity index (χ1) is 8.59. The summed E-state index contributed by atoms with van der Waals surface area (Å²) in [5, 5.41) is 11.7. The molecule has 0 bridgehead atoms. The van der Waals surface area contributed by atoms with Gasteiger partial charge in [0.25, 0.3) is 0 Å². The van der Waals surface area contributed by atoms with Gasteiger partial charge in [-0.05, 0) is 19.1 Å². The van der Waals surface area contributed by atoms with E-state index in [0.717, 1.165) is 0 Å². The summed E-state index contributed by atoms with van der Waals surface area (Å²) in [6.07, 6.45) is 1.53. The lowest BCUT2D eigenvalue weighted by Crippen LogP contribution is -2.47. The van der Waals surface area contributed by atoms with Crippen molar-refractivity contribution >= 4 is 23.8 Å². The van der Waals surface area contributed by atoms with Crippen LogP contribution in [0.3, 0.4) is 0 Å². The molecule has 2 N–H and O–H groups in total. The lowest BCUT2D eigenvalue weighted by Gasteiger charge is -2.22. The van der Waals surface area contributed by atoms with Crippen LogP contribution in [0.1, 0.15) is 18.7 Å². The molecule has 2 heterocycles. The van der Waals surface area contributed by atoms with Gasteiger partial charge in [0, 0.05) is 5.75 Å². The largest absolute Gasteiger partial charge is 0.480 e. The molecule has 0 saturated carbocycles. The highest BCUT2D eigenvalue weighted by Gasteiger charge is 2.35. The summed E-state index contributed by atoms with van der Waals surface area (Å²) in [6, 6.07) is 2.09. The Kier molecular flexibility index (Phi) is 3.81. The first kappa shape index (κ1) is 12.8. The monoisotopic (exact) mass is 270 g/mol. The van der Waals surface area contributed by atoms with Crippen LogP contribution >= 0.6 is 11.8 Å². The Morgan fingerprint density at radius 3 is 3.06 bits per heavy atom. The van der Waals surface area contributed by atoms with Crippen LogP contribution in [0.4, 0.5) is 4.79 Å². The minimum atomic E-state index is -0.971. The molecule has 0 aliphatic carbocycles. The summed E-state index contributed by atoms with van der Waals surface area (Å²) in [5.41, 5.74) is 0. The number of hydrogen-bond acceptors (Lipinski definition) is 4. The number of thioether (sulfide) groups is 1. The molecule has 18 heavy (non-hydrogen) atoms. The predicted octanol–water partition coefficient (Wildman–Crippen LogP) is 1.51. The molecule has 7 heteroatoms. The van der Waals surface area contributed by atoms with Crippen molar-refractivity contribution in [1.29, 1.82) is 0 Å². The molecule has 1 aliphatic rings. The standard InChI is InChI=1S/C11H14N2O4S/c1-7(9-3-2-4-17-9)12-11(16)13-6-18-5-8(13)10(14)15/h2-4,7-8H,5-6H2,1H3,(H,12,16)(H,14,15). The smallest absolute Gasteiger partial charge is 0.327 e. The van der Waals surface area contributed by atoms with Gasteiger partial charge in [0.05, 0.1) is 18.2 Å². The molecule has 2 amide bonds. The minimum absolute atomic E-state index is 0.285. The molecule has 1 aromatic heterocycles. The fourth-order valence-electron chi connectivity index (χ4n) is 1.72. The molecule has 2 unspecified atom stereocenters. The van der Waals surface area contributed by atoms with Gasteiger partial charge in [0.1, 0.15) is 11.8 Å². The van der Waals surface area contributed by atoms with Crippen molar-refractivity contribution in [2.24, 2.45) is 0 Å². The lowest BCUT2D eigenvalue weighted by molar-refractivity contribution is -0.140. The average Bonchev–Trinajstić information content (AvgIpc) is 3.00. The van der Waals surface area contributed by atoms with E-state index in [9.17, 15) is 9.59 Å². The Bertz CT molecular complexity index is 434. The number of aliphatic carboxylic acids is 1. The van der Waals surface area contributed by atoms with Gasteiger partial charge in [-0.2, -0.15) is 0 Å². The van der Waals surface area contributed by atoms with Gasteiger partial charge in [0.15, 0.2) is 0 Å². The third kappa shape index (κ3) is 2.61. The highest BCUT2D eigenvalue weighted by molar-refractivity contribution is 7.99. The Morgan fingerprint density at radius 2 is 2.44 bits per heavy atom. The molecule has 6 nitrogen and oxygen atoms in total. The van der Waals surface area contributed by atoms with Crippen molar-refractivity contribution in [1.82, 2.24) is 10.2 Å². The van der Waals surface area contributed by atoms with Crippen molar-refractivity contribution in [3.8, 4) is 0 Å². The zero-order valence-corrected chi connectivity index (χ0v) is 10.6. The summed E-state index contributed by atoms with van der Waals surface area (Å²) in [4.78, 5) is 24.3. The number of carbonyl (C=O) groups is 2. The van der Waals surface area contributed by atoms with Crippen molar-refractivity contribution in [2.45, 2.75) is 19.0 Å². The Balaban J connectivity index is 1.97. The van der Waals surface area contributed by atoms with Crippen LogP contribution in [0.15, 0.2) is 22.8 Å². The van der Waals surface area contributed by atoms with E-state index in [1.807, 2.05) is 0 Å². The summed E-state index contributed by atoms with van der Waals surface area (Å²) >= 11 is 1.43. The van der Waals surface area contributed by atoms with E-state index >= 15 is 0 Å². The van der Waals surface area contributed by atoms with Gasteiger partial charge < -0.3 is 19.7 Å². The number of carboxylic acid groups (broad SMARTS) is 1. The van der Waals surface area contributed by atoms with E-state index in [4.69, 9.17) is 9.52 Å². The highest BCUT2D eigenvalue weighted by atomic mass is 32.2. The van der Waals surface area contributed by atoms with E-state index in [1.165, 1.54) is 22.9 Å². The molecule has 98 valence electrons. The van der Waals surface area contributed by atoms with Gasteiger partial charge in [-0.1, -0.05) is 0 Å². The van der Waals surface area contributed by atoms with Crippen molar-refractivity contribution in [3.05, 3.63) is 24.2 Å². The summed E-state index contributed by atoms with van der Waals surface area (Å²) in [7, 11) is 0. The van der Waals surface area contributed by atoms with Crippen LogP contribution in [0, 0.1) is 0 Å². The maximum absolute atomic E-state index is 12.0. The van der Waals surface area contributed by atoms with Crippen LogP contribution in [0.2, 0.25) is 0 Å². The van der Waals surface area contributed by atoms with Gasteiger partial charge in [-0.25, -0.2) is 9.59 Å². The molecule has 1 saturated heterocycles. The fraction of sp³-hybridized carbons (Fsp3) is 0.455. The van der Waals surface area contributed by atoms with Crippen LogP contribution in [-0.2, 0) is 4.79 Å². The third-order valence-electron chi connectivity index (χ3n) is 2.74. The molecule has 1 aliphatic heterocycles. The molecule has 2 atom stereocenters. The molecule has 0 aromatic carbocycles. The van der Waals surface area contributed by atoms with Crippen LogP contribution in [0.5, 0.6) is 0 Å². The normalized spacial score (nSPS) is 20.7. The number of rotatable bonds is 3. The Labute approximate surface area is 108 Å². The van der Waals surface area contributed by atoms with E-state index < -0.39 is 12.0 Å². The zero-order chi connectivity index (χ0) is 13.1. The summed E-state index contributed by atoms with van der Waals surface area (Å²) < 4.78 is 5.18. The first-order valence-electron chi connectivity index (χ1n) is 5.50. The van der Waals surface area contributed by atoms with Gasteiger partial charge >= 0.3 is 12.0 Å². The molecule has 2 rings (SSSR count). The highest BCUT2D eigenvalue weighted by Crippen LogP contribution is 2.22. The molecule has 1 aromatic rings. The second-order valence-electron chi connectivity index (χ2n) is 4.01. The van der Waals surface area contributed by atoms with Crippen LogP contribution < -0.4 is 5.32 Å². The number of hydrogen-bond donors (Lipinski definition) is 2. The third-order valence-corrected chi connectivity index (χ3v) is 3.75. The van der Waals surface area contributed by atoms with E-state index in [2.05, 4.69) is 5.32 Å². The maximum Gasteiger partial charge on any atom is 0.327 e. The lowest BCUT2D eigenvalue weighted by atomic mass is 10.2. The first-order valence-corrected chi connectivity index (χ1v) is 6.66. The van der Waals surface area contributed by atoms with Crippen LogP contribution in [-0.4, -0.2) is 39.7 Å². The topological polar surface area (TPSA) is 82.8 Å². The van der Waals surface area contributed by atoms with Gasteiger partial charge in [-0.15, -0.1) is 11.8 Å². The minimum Gasteiger partial charge on any atom is -0.480 e. The summed E-state index contributed by atoms with van der Waals surface area (Å²) in [6.45, 7) is 1.79.